The van der Waals surface area contributed by atoms with Crippen molar-refractivity contribution in [2.45, 2.75) is 57.7 Å². The summed E-state index contributed by atoms with van der Waals surface area (Å²) in [5.41, 5.74) is 6.35. The number of nitrogens with one attached hydrogen (secondary N) is 4. The standard InChI is InChI=1S/C40H42N8O3/c1-23(2)35(47-39(50)51-3)38(49)48-22-40(12-13-40)17-34(48)37-44-21-33(46-37)30-11-10-28-15-27(8-9-29(28)16-30)25-4-6-26(7-5-25)32-20-43-36(45-32)31-14-24(18-41)19-42-31/h4-11,15-16,20-21,23-24,31,34-35,42H,12-14,17,19,22H2,1-3H3,(H,43,45)(H,44,46)(H,47,50). The quantitative estimate of drug-likeness (QED) is 0.139. The molecule has 11 nitrogen and oxygen atoms in total. The minimum Gasteiger partial charge on any atom is -0.453 e. The third-order valence-electron chi connectivity index (χ3n) is 11.0. The number of aromatic nitrogens is 4. The lowest BCUT2D eigenvalue weighted by Gasteiger charge is -2.30. The van der Waals surface area contributed by atoms with Gasteiger partial charge in [-0.1, -0.05) is 62.4 Å². The van der Waals surface area contributed by atoms with Gasteiger partial charge >= 0.3 is 6.09 Å². The average Bonchev–Trinajstić information content (AvgIpc) is 3.68. The van der Waals surface area contributed by atoms with Gasteiger partial charge in [0.1, 0.15) is 17.7 Å². The van der Waals surface area contributed by atoms with E-state index in [0.29, 0.717) is 13.1 Å². The summed E-state index contributed by atoms with van der Waals surface area (Å²) >= 11 is 0. The third kappa shape index (κ3) is 6.36. The fraction of sp³-hybridized carbons (Fsp3) is 0.375. The van der Waals surface area contributed by atoms with Crippen LogP contribution >= 0.6 is 0 Å². The Morgan fingerprint density at radius 3 is 2.22 bits per heavy atom. The molecule has 4 heterocycles. The number of H-pyrrole nitrogens is 2. The second-order valence-corrected chi connectivity index (χ2v) is 14.8. The Balaban J connectivity index is 0.980. The molecule has 4 atom stereocenters. The van der Waals surface area contributed by atoms with E-state index in [2.05, 4.69) is 92.3 Å². The van der Waals surface area contributed by atoms with E-state index < -0.39 is 12.1 Å². The zero-order chi connectivity index (χ0) is 35.3. The minimum absolute atomic E-state index is 0.0269. The molecule has 2 amide bonds. The van der Waals surface area contributed by atoms with Crippen LogP contribution in [-0.4, -0.2) is 63.1 Å². The van der Waals surface area contributed by atoms with Gasteiger partial charge < -0.3 is 30.2 Å². The third-order valence-corrected chi connectivity index (χ3v) is 11.0. The molecular formula is C40H42N8O3. The summed E-state index contributed by atoms with van der Waals surface area (Å²) in [4.78, 5) is 44.2. The van der Waals surface area contributed by atoms with Crippen LogP contribution in [0.2, 0.25) is 0 Å². The molecule has 1 aliphatic carbocycles. The summed E-state index contributed by atoms with van der Waals surface area (Å²) in [6.07, 6.45) is 6.95. The first-order valence-corrected chi connectivity index (χ1v) is 17.8. The number of methoxy groups -OCH3 is 1. The number of fused-ring (bicyclic) bond motifs is 1. The van der Waals surface area contributed by atoms with Gasteiger partial charge in [-0.25, -0.2) is 14.8 Å². The highest BCUT2D eigenvalue weighted by atomic mass is 16.5. The number of benzene rings is 3. The smallest absolute Gasteiger partial charge is 0.407 e. The van der Waals surface area contributed by atoms with Crippen molar-refractivity contribution in [3.05, 3.63) is 84.7 Å². The maximum atomic E-state index is 13.8. The van der Waals surface area contributed by atoms with Crippen molar-refractivity contribution in [1.29, 1.82) is 5.26 Å². The fourth-order valence-corrected chi connectivity index (χ4v) is 7.74. The molecule has 1 saturated carbocycles. The summed E-state index contributed by atoms with van der Waals surface area (Å²) in [6, 6.07) is 23.0. The molecule has 2 aliphatic heterocycles. The van der Waals surface area contributed by atoms with Crippen LogP contribution in [0, 0.1) is 28.6 Å². The predicted molar refractivity (Wildman–Crippen MR) is 194 cm³/mol. The number of nitrogens with zero attached hydrogens (tertiary/aromatic N) is 4. The van der Waals surface area contributed by atoms with Crippen molar-refractivity contribution in [2.75, 3.05) is 20.2 Å². The maximum Gasteiger partial charge on any atom is 0.407 e. The highest BCUT2D eigenvalue weighted by Gasteiger charge is 2.55. The number of rotatable bonds is 8. The summed E-state index contributed by atoms with van der Waals surface area (Å²) in [5.74, 6) is 1.49. The van der Waals surface area contributed by atoms with Crippen molar-refractivity contribution in [3.8, 4) is 39.7 Å². The second-order valence-electron chi connectivity index (χ2n) is 14.8. The molecule has 3 fully saturated rings. The number of aromatic amines is 2. The van der Waals surface area contributed by atoms with E-state index in [0.717, 1.165) is 81.7 Å². The van der Waals surface area contributed by atoms with Gasteiger partial charge in [0, 0.05) is 18.7 Å². The Labute approximate surface area is 296 Å². The lowest BCUT2D eigenvalue weighted by molar-refractivity contribution is -0.135. The number of carbonyl (C=O) groups excluding carboxylic acids is 2. The molecule has 3 aliphatic rings. The topological polar surface area (TPSA) is 152 Å². The lowest BCUT2D eigenvalue weighted by atomic mass is 9.98. The fourth-order valence-electron chi connectivity index (χ4n) is 7.74. The number of nitriles is 1. The number of carbonyl (C=O) groups is 2. The van der Waals surface area contributed by atoms with Gasteiger partial charge in [0.15, 0.2) is 0 Å². The number of ether oxygens (including phenoxy) is 1. The minimum atomic E-state index is -0.671. The Kier molecular flexibility index (Phi) is 8.35. The maximum absolute atomic E-state index is 13.8. The van der Waals surface area contributed by atoms with Gasteiger partial charge in [-0.15, -0.1) is 0 Å². The van der Waals surface area contributed by atoms with E-state index >= 15 is 0 Å². The highest BCUT2D eigenvalue weighted by Crippen LogP contribution is 2.58. The van der Waals surface area contributed by atoms with Crippen LogP contribution in [0.15, 0.2) is 73.1 Å². The van der Waals surface area contributed by atoms with Crippen molar-refractivity contribution in [2.24, 2.45) is 17.3 Å². The Bertz CT molecular complexity index is 2140. The average molecular weight is 683 g/mol. The molecule has 1 spiro atoms. The van der Waals surface area contributed by atoms with Crippen LogP contribution in [0.1, 0.15) is 63.3 Å². The number of hydrogen-bond acceptors (Lipinski definition) is 7. The second kappa shape index (κ2) is 13.0. The van der Waals surface area contributed by atoms with Crippen molar-refractivity contribution in [1.82, 2.24) is 35.5 Å². The number of likely N-dealkylation sites (tertiary alicyclic amines) is 1. The van der Waals surface area contributed by atoms with Gasteiger partial charge in [-0.05, 0) is 76.6 Å². The molecule has 51 heavy (non-hydrogen) atoms. The molecule has 3 aromatic carbocycles. The van der Waals surface area contributed by atoms with Crippen LogP contribution in [0.5, 0.6) is 0 Å². The Hall–Kier alpha value is -5.47. The van der Waals surface area contributed by atoms with Gasteiger partial charge in [0.25, 0.3) is 0 Å². The molecule has 260 valence electrons. The van der Waals surface area contributed by atoms with E-state index in [1.165, 1.54) is 7.11 Å². The zero-order valence-corrected chi connectivity index (χ0v) is 29.1. The van der Waals surface area contributed by atoms with Crippen molar-refractivity contribution < 1.29 is 14.3 Å². The molecule has 2 saturated heterocycles. The van der Waals surface area contributed by atoms with Crippen LogP contribution < -0.4 is 10.6 Å². The zero-order valence-electron chi connectivity index (χ0n) is 29.1. The molecule has 0 radical (unpaired) electrons. The summed E-state index contributed by atoms with van der Waals surface area (Å²) in [6.45, 7) is 5.23. The Morgan fingerprint density at radius 1 is 0.922 bits per heavy atom. The van der Waals surface area contributed by atoms with Crippen LogP contribution in [-0.2, 0) is 9.53 Å². The van der Waals surface area contributed by atoms with Crippen LogP contribution in [0.4, 0.5) is 4.79 Å². The molecule has 4 unspecified atom stereocenters. The van der Waals surface area contributed by atoms with E-state index in [1.54, 1.807) is 0 Å². The highest BCUT2D eigenvalue weighted by molar-refractivity contribution is 5.91. The van der Waals surface area contributed by atoms with E-state index in [9.17, 15) is 14.9 Å². The molecule has 2 aromatic heterocycles. The van der Waals surface area contributed by atoms with Gasteiger partial charge in [0.05, 0.1) is 55.0 Å². The molecule has 5 aromatic rings. The normalized spacial score (nSPS) is 21.2. The SMILES string of the molecule is COC(=O)NC(C(=O)N1CC2(CC2)CC1c1ncc(-c2ccc3cc(-c4ccc(-c5cnc(C6CC(C#N)CN6)[nH]5)cc4)ccc3c2)[nH]1)C(C)C. The molecule has 8 rings (SSSR count). The number of amides is 2. The first-order chi connectivity index (χ1) is 24.7. The first-order valence-electron chi connectivity index (χ1n) is 17.8. The van der Waals surface area contributed by atoms with Gasteiger partial charge in [0.2, 0.25) is 5.91 Å². The van der Waals surface area contributed by atoms with Crippen molar-refractivity contribution in [3.63, 3.8) is 0 Å². The van der Waals surface area contributed by atoms with E-state index in [1.807, 2.05) is 31.1 Å². The van der Waals surface area contributed by atoms with E-state index in [4.69, 9.17) is 9.72 Å². The van der Waals surface area contributed by atoms with Crippen LogP contribution in [0.3, 0.4) is 0 Å². The molecule has 4 N–H and O–H groups in total. The lowest BCUT2D eigenvalue weighted by Crippen LogP contribution is -2.51. The Morgan fingerprint density at radius 2 is 1.55 bits per heavy atom. The molecule has 11 heteroatoms. The molecule has 0 bridgehead atoms. The summed E-state index contributed by atoms with van der Waals surface area (Å²) in [7, 11) is 1.31. The van der Waals surface area contributed by atoms with Crippen LogP contribution in [0.25, 0.3) is 44.4 Å². The number of hydrogen-bond donors (Lipinski definition) is 4. The number of imidazole rings is 2. The van der Waals surface area contributed by atoms with Gasteiger partial charge in [-0.3, -0.25) is 4.79 Å². The predicted octanol–water partition coefficient (Wildman–Crippen LogP) is 6.90. The van der Waals surface area contributed by atoms with Gasteiger partial charge in [-0.2, -0.15) is 5.26 Å². The molecular weight excluding hydrogens is 640 g/mol. The monoisotopic (exact) mass is 682 g/mol. The van der Waals surface area contributed by atoms with Crippen molar-refractivity contribution >= 4 is 22.8 Å². The first kappa shape index (κ1) is 32.7. The summed E-state index contributed by atoms with van der Waals surface area (Å²) in [5, 5.41) is 17.6. The summed E-state index contributed by atoms with van der Waals surface area (Å²) < 4.78 is 4.81. The number of alkyl carbamates (subject to hydrolysis) is 1. The largest absolute Gasteiger partial charge is 0.453 e. The van der Waals surface area contributed by atoms with E-state index in [-0.39, 0.29) is 35.2 Å².